The molecule has 0 heterocycles. The molecule has 0 fully saturated rings. The van der Waals surface area contributed by atoms with Crippen LogP contribution in [0, 0.1) is 12.7 Å². The first-order valence-electron chi connectivity index (χ1n) is 7.03. The molecule has 4 N–H and O–H groups in total. The van der Waals surface area contributed by atoms with Gasteiger partial charge in [0.1, 0.15) is 5.82 Å². The minimum absolute atomic E-state index is 0.229. The summed E-state index contributed by atoms with van der Waals surface area (Å²) in [5, 5.41) is 5.25. The Hall–Kier alpha value is -1.95. The maximum absolute atomic E-state index is 13.3. The number of halogens is 1. The summed E-state index contributed by atoms with van der Waals surface area (Å²) < 4.78 is 13.3. The van der Waals surface area contributed by atoms with E-state index < -0.39 is 11.9 Å². The van der Waals surface area contributed by atoms with Gasteiger partial charge in [-0.2, -0.15) is 0 Å². The number of hydrogen-bond donors (Lipinski definition) is 3. The molecule has 0 bridgehead atoms. The van der Waals surface area contributed by atoms with Gasteiger partial charge >= 0.3 is 0 Å². The number of nitrogens with two attached hydrogens (primary N) is 1. The Labute approximate surface area is 124 Å². The molecule has 0 saturated heterocycles. The molecule has 21 heavy (non-hydrogen) atoms. The maximum atomic E-state index is 13.3. The molecular weight excluding hydrogens is 273 g/mol. The lowest BCUT2D eigenvalue weighted by molar-refractivity contribution is -0.122. The summed E-state index contributed by atoms with van der Waals surface area (Å²) in [6.07, 6.45) is 1.46. The van der Waals surface area contributed by atoms with Gasteiger partial charge in [0.05, 0.1) is 6.04 Å². The zero-order chi connectivity index (χ0) is 15.8. The van der Waals surface area contributed by atoms with Gasteiger partial charge < -0.3 is 16.4 Å². The Kier molecular flexibility index (Phi) is 6.81. The predicted octanol–water partition coefficient (Wildman–Crippen LogP) is 1.11. The highest BCUT2D eigenvalue weighted by Crippen LogP contribution is 2.08. The third-order valence-corrected chi connectivity index (χ3v) is 3.08. The molecule has 116 valence electrons. The largest absolute Gasteiger partial charge is 0.353 e. The monoisotopic (exact) mass is 295 g/mol. The van der Waals surface area contributed by atoms with Gasteiger partial charge in [0.2, 0.25) is 5.91 Å². The molecule has 0 aliphatic rings. The molecule has 0 radical (unpaired) electrons. The average Bonchev–Trinajstić information content (AvgIpc) is 2.46. The van der Waals surface area contributed by atoms with E-state index in [-0.39, 0.29) is 30.5 Å². The number of rotatable bonds is 7. The molecule has 0 aliphatic heterocycles. The summed E-state index contributed by atoms with van der Waals surface area (Å²) in [4.78, 5) is 23.3. The van der Waals surface area contributed by atoms with Crippen LogP contribution in [0.4, 0.5) is 4.39 Å². The Morgan fingerprint density at radius 3 is 2.57 bits per heavy atom. The van der Waals surface area contributed by atoms with Crippen molar-refractivity contribution in [3.05, 3.63) is 35.1 Å². The van der Waals surface area contributed by atoms with E-state index in [2.05, 4.69) is 10.6 Å². The summed E-state index contributed by atoms with van der Waals surface area (Å²) in [6, 6.07) is 3.79. The van der Waals surface area contributed by atoms with Gasteiger partial charge in [0.15, 0.2) is 0 Å². The van der Waals surface area contributed by atoms with Gasteiger partial charge in [-0.3, -0.25) is 9.59 Å². The number of hydrogen-bond acceptors (Lipinski definition) is 3. The normalized spacial score (nSPS) is 11.8. The lowest BCUT2D eigenvalue weighted by Gasteiger charge is -2.11. The third kappa shape index (κ3) is 5.51. The molecule has 1 rings (SSSR count). The minimum atomic E-state index is -0.517. The molecular formula is C15H22FN3O2. The molecule has 1 aromatic rings. The Bertz CT molecular complexity index is 506. The van der Waals surface area contributed by atoms with Crippen LogP contribution in [0.1, 0.15) is 35.7 Å². The number of aryl methyl sites for hydroxylation is 1. The second kappa shape index (κ2) is 8.36. The van der Waals surface area contributed by atoms with Crippen molar-refractivity contribution in [3.63, 3.8) is 0 Å². The zero-order valence-corrected chi connectivity index (χ0v) is 12.4. The van der Waals surface area contributed by atoms with E-state index in [9.17, 15) is 14.0 Å². The molecule has 5 nitrogen and oxygen atoms in total. The molecule has 6 heteroatoms. The predicted molar refractivity (Wildman–Crippen MR) is 79.4 cm³/mol. The molecule has 0 spiro atoms. The van der Waals surface area contributed by atoms with Crippen molar-refractivity contribution in [1.29, 1.82) is 0 Å². The molecule has 0 aliphatic carbocycles. The standard InChI is InChI=1S/C15H22FN3O2/c1-3-4-13(17)15(21)19-8-7-18-14(20)11-6-5-10(2)12(16)9-11/h5-6,9,13H,3-4,7-8,17H2,1-2H3,(H,18,20)(H,19,21). The van der Waals surface area contributed by atoms with Gasteiger partial charge in [-0.1, -0.05) is 19.4 Å². The Balaban J connectivity index is 2.34. The first-order chi connectivity index (χ1) is 9.95. The quantitative estimate of drug-likeness (QED) is 0.659. The summed E-state index contributed by atoms with van der Waals surface area (Å²) in [5.41, 5.74) is 6.40. The van der Waals surface area contributed by atoms with Crippen LogP contribution < -0.4 is 16.4 Å². The van der Waals surface area contributed by atoms with Gasteiger partial charge in [0.25, 0.3) is 5.91 Å². The summed E-state index contributed by atoms with van der Waals surface area (Å²) in [6.45, 7) is 4.13. The maximum Gasteiger partial charge on any atom is 0.251 e. The van der Waals surface area contributed by atoms with E-state index >= 15 is 0 Å². The molecule has 0 saturated carbocycles. The van der Waals surface area contributed by atoms with Gasteiger partial charge in [-0.05, 0) is 31.0 Å². The van der Waals surface area contributed by atoms with Crippen molar-refractivity contribution in [2.24, 2.45) is 5.73 Å². The van der Waals surface area contributed by atoms with Gasteiger partial charge in [-0.25, -0.2) is 4.39 Å². The van der Waals surface area contributed by atoms with E-state index in [1.54, 1.807) is 19.1 Å². The summed E-state index contributed by atoms with van der Waals surface area (Å²) >= 11 is 0. The van der Waals surface area contributed by atoms with E-state index in [4.69, 9.17) is 5.73 Å². The van der Waals surface area contributed by atoms with E-state index in [0.717, 1.165) is 6.42 Å². The van der Waals surface area contributed by atoms with Crippen LogP contribution in [0.5, 0.6) is 0 Å². The minimum Gasteiger partial charge on any atom is -0.353 e. The number of benzene rings is 1. The van der Waals surface area contributed by atoms with Crippen molar-refractivity contribution in [3.8, 4) is 0 Å². The van der Waals surface area contributed by atoms with Crippen molar-refractivity contribution < 1.29 is 14.0 Å². The van der Waals surface area contributed by atoms with Crippen molar-refractivity contribution in [2.75, 3.05) is 13.1 Å². The SMILES string of the molecule is CCCC(N)C(=O)NCCNC(=O)c1ccc(C)c(F)c1. The van der Waals surface area contributed by atoms with Crippen LogP contribution in [0.25, 0.3) is 0 Å². The fraction of sp³-hybridized carbons (Fsp3) is 0.467. The molecule has 0 aromatic heterocycles. The van der Waals surface area contributed by atoms with Crippen molar-refractivity contribution in [1.82, 2.24) is 10.6 Å². The zero-order valence-electron chi connectivity index (χ0n) is 12.4. The van der Waals surface area contributed by atoms with Crippen LogP contribution >= 0.6 is 0 Å². The number of carbonyl (C=O) groups excluding carboxylic acids is 2. The number of amides is 2. The smallest absolute Gasteiger partial charge is 0.251 e. The van der Waals surface area contributed by atoms with Crippen LogP contribution in [0.15, 0.2) is 18.2 Å². The topological polar surface area (TPSA) is 84.2 Å². The number of carbonyl (C=O) groups is 2. The fourth-order valence-corrected chi connectivity index (χ4v) is 1.77. The summed E-state index contributed by atoms with van der Waals surface area (Å²) in [5.74, 6) is -1.02. The first-order valence-corrected chi connectivity index (χ1v) is 7.03. The highest BCUT2D eigenvalue weighted by molar-refractivity contribution is 5.94. The Morgan fingerprint density at radius 1 is 1.29 bits per heavy atom. The fourth-order valence-electron chi connectivity index (χ4n) is 1.77. The summed E-state index contributed by atoms with van der Waals surface area (Å²) in [7, 11) is 0. The second-order valence-electron chi connectivity index (χ2n) is 4.91. The molecule has 1 aromatic carbocycles. The average molecular weight is 295 g/mol. The molecule has 2 amide bonds. The van der Waals surface area contributed by atoms with E-state index in [0.29, 0.717) is 12.0 Å². The van der Waals surface area contributed by atoms with Crippen molar-refractivity contribution in [2.45, 2.75) is 32.7 Å². The highest BCUT2D eigenvalue weighted by Gasteiger charge is 2.11. The lowest BCUT2D eigenvalue weighted by Crippen LogP contribution is -2.43. The van der Waals surface area contributed by atoms with Crippen LogP contribution in [0.2, 0.25) is 0 Å². The second-order valence-corrected chi connectivity index (χ2v) is 4.91. The van der Waals surface area contributed by atoms with Crippen molar-refractivity contribution >= 4 is 11.8 Å². The van der Waals surface area contributed by atoms with Gasteiger partial charge in [0, 0.05) is 18.7 Å². The first kappa shape index (κ1) is 17.1. The van der Waals surface area contributed by atoms with E-state index in [1.165, 1.54) is 6.07 Å². The van der Waals surface area contributed by atoms with E-state index in [1.807, 2.05) is 6.92 Å². The molecule has 1 unspecified atom stereocenters. The number of nitrogens with one attached hydrogen (secondary N) is 2. The Morgan fingerprint density at radius 2 is 1.95 bits per heavy atom. The van der Waals surface area contributed by atoms with Crippen LogP contribution in [0.3, 0.4) is 0 Å². The molecule has 1 atom stereocenters. The third-order valence-electron chi connectivity index (χ3n) is 3.08. The van der Waals surface area contributed by atoms with Crippen LogP contribution in [-0.2, 0) is 4.79 Å². The lowest BCUT2D eigenvalue weighted by atomic mass is 10.1. The van der Waals surface area contributed by atoms with Crippen LogP contribution in [-0.4, -0.2) is 30.9 Å². The van der Waals surface area contributed by atoms with Gasteiger partial charge in [-0.15, -0.1) is 0 Å². The highest BCUT2D eigenvalue weighted by atomic mass is 19.1.